The summed E-state index contributed by atoms with van der Waals surface area (Å²) in [6.45, 7) is 7.85. The maximum Gasteiger partial charge on any atom is 0.297 e. The minimum atomic E-state index is -2.98. The Morgan fingerprint density at radius 1 is 1.19 bits per heavy atom. The number of aromatic nitrogens is 1. The van der Waals surface area contributed by atoms with Gasteiger partial charge in [-0.3, -0.25) is 0 Å². The van der Waals surface area contributed by atoms with Crippen LogP contribution in [-0.4, -0.2) is 74.7 Å². The van der Waals surface area contributed by atoms with Gasteiger partial charge in [-0.05, 0) is 38.0 Å². The number of fused-ring (bicyclic) bond motifs is 2. The number of thiophene rings is 1. The molecule has 2 saturated heterocycles. The normalized spacial score (nSPS) is 25.8. The van der Waals surface area contributed by atoms with Crippen molar-refractivity contribution in [2.24, 2.45) is 11.0 Å². The SMILES string of the molecule is CC1=NN(c2ncccc2N2CCOCC2)CC1CN1CCC2(CC1)OCC(F)(F)c1cc(Cl)sc12. The Hall–Kier alpha value is -1.85. The van der Waals surface area contributed by atoms with Gasteiger partial charge in [0.15, 0.2) is 5.82 Å². The molecule has 0 N–H and O–H groups in total. The van der Waals surface area contributed by atoms with E-state index < -0.39 is 18.1 Å². The lowest BCUT2D eigenvalue weighted by atomic mass is 9.84. The molecule has 0 aromatic carbocycles. The van der Waals surface area contributed by atoms with Crippen LogP contribution in [0, 0.1) is 5.92 Å². The summed E-state index contributed by atoms with van der Waals surface area (Å²) in [5.41, 5.74) is 1.58. The van der Waals surface area contributed by atoms with Crippen LogP contribution >= 0.6 is 22.9 Å². The molecule has 1 atom stereocenters. The fourth-order valence-corrected chi connectivity index (χ4v) is 7.22. The lowest BCUT2D eigenvalue weighted by molar-refractivity contribution is -0.181. The largest absolute Gasteiger partial charge is 0.378 e. The van der Waals surface area contributed by atoms with Gasteiger partial charge in [-0.1, -0.05) is 11.6 Å². The number of ether oxygens (including phenoxy) is 2. The van der Waals surface area contributed by atoms with Crippen molar-refractivity contribution < 1.29 is 18.3 Å². The first kappa shape index (κ1) is 24.5. The number of hydrogen-bond acceptors (Lipinski definition) is 8. The zero-order valence-electron chi connectivity index (χ0n) is 20.3. The number of rotatable bonds is 4. The highest BCUT2D eigenvalue weighted by atomic mass is 35.5. The predicted molar refractivity (Wildman–Crippen MR) is 138 cm³/mol. The monoisotopic (exact) mass is 537 g/mol. The second-order valence-corrected chi connectivity index (χ2v) is 11.7. The van der Waals surface area contributed by atoms with Crippen molar-refractivity contribution in [2.75, 3.05) is 69.0 Å². The van der Waals surface area contributed by atoms with Crippen molar-refractivity contribution >= 4 is 40.2 Å². The summed E-state index contributed by atoms with van der Waals surface area (Å²) < 4.78 is 40.7. The average Bonchev–Trinajstić information content (AvgIpc) is 3.47. The molecule has 6 heterocycles. The first-order valence-corrected chi connectivity index (χ1v) is 13.7. The number of anilines is 2. The Kier molecular flexibility index (Phi) is 6.44. The topological polar surface area (TPSA) is 53.4 Å². The quantitative estimate of drug-likeness (QED) is 0.570. The molecule has 1 unspecified atom stereocenters. The maximum absolute atomic E-state index is 14.4. The van der Waals surface area contributed by atoms with E-state index in [2.05, 4.69) is 27.8 Å². The van der Waals surface area contributed by atoms with E-state index in [-0.39, 0.29) is 11.5 Å². The van der Waals surface area contributed by atoms with Crippen molar-refractivity contribution in [3.63, 3.8) is 0 Å². The summed E-state index contributed by atoms with van der Waals surface area (Å²) >= 11 is 7.39. The summed E-state index contributed by atoms with van der Waals surface area (Å²) in [5, 5.41) is 6.91. The van der Waals surface area contributed by atoms with E-state index in [0.717, 1.165) is 69.7 Å². The van der Waals surface area contributed by atoms with E-state index in [9.17, 15) is 8.78 Å². The lowest BCUT2D eigenvalue weighted by Crippen LogP contribution is -2.50. The molecule has 7 nitrogen and oxygen atoms in total. The van der Waals surface area contributed by atoms with Crippen molar-refractivity contribution in [3.8, 4) is 0 Å². The maximum atomic E-state index is 14.4. The highest BCUT2D eigenvalue weighted by Gasteiger charge is 2.51. The molecule has 36 heavy (non-hydrogen) atoms. The number of alkyl halides is 2. The smallest absolute Gasteiger partial charge is 0.297 e. The van der Waals surface area contributed by atoms with Crippen LogP contribution in [-0.2, 0) is 21.0 Å². The van der Waals surface area contributed by atoms with Crippen LogP contribution in [0.2, 0.25) is 4.34 Å². The second-order valence-electron chi connectivity index (χ2n) is 10.0. The summed E-state index contributed by atoms with van der Waals surface area (Å²) in [7, 11) is 0. The van der Waals surface area contributed by atoms with Gasteiger partial charge >= 0.3 is 0 Å². The Balaban J connectivity index is 1.12. The first-order chi connectivity index (χ1) is 17.3. The molecule has 0 aliphatic carbocycles. The molecule has 2 fully saturated rings. The van der Waals surface area contributed by atoms with Crippen LogP contribution < -0.4 is 9.91 Å². The van der Waals surface area contributed by atoms with E-state index in [4.69, 9.17) is 26.2 Å². The van der Waals surface area contributed by atoms with Gasteiger partial charge in [0.2, 0.25) is 0 Å². The average molecular weight is 538 g/mol. The third-order valence-electron chi connectivity index (χ3n) is 7.81. The molecule has 0 radical (unpaired) electrons. The van der Waals surface area contributed by atoms with Crippen LogP contribution in [0.5, 0.6) is 0 Å². The number of hydrazone groups is 1. The standard InChI is InChI=1S/C25H30ClF2N5O2S/c1-17-18(15-33(30-17)23-20(3-2-6-29-23)32-9-11-34-12-10-32)14-31-7-4-24(5-8-31)22-19(13-21(26)36-22)25(27,28)16-35-24/h2-3,6,13,18H,4-5,7-12,14-16H2,1H3. The molecule has 6 rings (SSSR count). The molecular weight excluding hydrogens is 508 g/mol. The second kappa shape index (κ2) is 9.47. The Morgan fingerprint density at radius 2 is 1.97 bits per heavy atom. The number of likely N-dealkylation sites (tertiary alicyclic amines) is 1. The van der Waals surface area contributed by atoms with Gasteiger partial charge in [0, 0.05) is 61.0 Å². The number of morpholine rings is 1. The van der Waals surface area contributed by atoms with Crippen molar-refractivity contribution in [2.45, 2.75) is 31.3 Å². The number of pyridine rings is 1. The third kappa shape index (κ3) is 4.41. The van der Waals surface area contributed by atoms with Crippen molar-refractivity contribution in [1.29, 1.82) is 0 Å². The molecule has 2 aromatic rings. The Bertz CT molecular complexity index is 1150. The van der Waals surface area contributed by atoms with Gasteiger partial charge in [-0.15, -0.1) is 11.3 Å². The molecular formula is C25H30ClF2N5O2S. The third-order valence-corrected chi connectivity index (χ3v) is 9.26. The highest BCUT2D eigenvalue weighted by Crippen LogP contribution is 2.52. The number of nitrogens with zero attached hydrogens (tertiary/aromatic N) is 5. The van der Waals surface area contributed by atoms with E-state index in [1.165, 1.54) is 17.4 Å². The predicted octanol–water partition coefficient (Wildman–Crippen LogP) is 4.56. The van der Waals surface area contributed by atoms with Gasteiger partial charge in [0.25, 0.3) is 5.92 Å². The van der Waals surface area contributed by atoms with Gasteiger partial charge in [-0.25, -0.2) is 9.99 Å². The number of halogens is 3. The van der Waals surface area contributed by atoms with Crippen molar-refractivity contribution in [1.82, 2.24) is 9.88 Å². The molecule has 4 aliphatic rings. The molecule has 2 aromatic heterocycles. The fraction of sp³-hybridized carbons (Fsp3) is 0.600. The molecule has 11 heteroatoms. The van der Waals surface area contributed by atoms with Gasteiger partial charge < -0.3 is 19.3 Å². The fourth-order valence-electron chi connectivity index (χ4n) is 5.74. The van der Waals surface area contributed by atoms with Gasteiger partial charge in [0.1, 0.15) is 12.2 Å². The molecule has 0 saturated carbocycles. The highest BCUT2D eigenvalue weighted by molar-refractivity contribution is 7.16. The summed E-state index contributed by atoms with van der Waals surface area (Å²) in [6.07, 6.45) is 3.18. The summed E-state index contributed by atoms with van der Waals surface area (Å²) in [6, 6.07) is 5.50. The van der Waals surface area contributed by atoms with Crippen molar-refractivity contribution in [3.05, 3.63) is 39.2 Å². The summed E-state index contributed by atoms with van der Waals surface area (Å²) in [4.78, 5) is 10.0. The van der Waals surface area contributed by atoms with Crippen LogP contribution in [0.4, 0.5) is 20.3 Å². The van der Waals surface area contributed by atoms with E-state index in [0.29, 0.717) is 22.1 Å². The van der Waals surface area contributed by atoms with E-state index in [1.54, 1.807) is 0 Å². The molecule has 0 amide bonds. The number of piperidine rings is 1. The zero-order chi connectivity index (χ0) is 24.9. The van der Waals surface area contributed by atoms with Gasteiger partial charge in [-0.2, -0.15) is 13.9 Å². The van der Waals surface area contributed by atoms with Crippen LogP contribution in [0.25, 0.3) is 0 Å². The summed E-state index contributed by atoms with van der Waals surface area (Å²) in [5.74, 6) is -1.81. The molecule has 4 aliphatic heterocycles. The van der Waals surface area contributed by atoms with E-state index in [1.807, 2.05) is 17.3 Å². The minimum absolute atomic E-state index is 0.0537. The minimum Gasteiger partial charge on any atom is -0.378 e. The lowest BCUT2D eigenvalue weighted by Gasteiger charge is -2.45. The van der Waals surface area contributed by atoms with Crippen LogP contribution in [0.3, 0.4) is 0 Å². The van der Waals surface area contributed by atoms with Crippen LogP contribution in [0.15, 0.2) is 29.5 Å². The zero-order valence-corrected chi connectivity index (χ0v) is 21.8. The van der Waals surface area contributed by atoms with Gasteiger partial charge in [0.05, 0.1) is 29.8 Å². The Labute approximate surface area is 218 Å². The van der Waals surface area contributed by atoms with Crippen LogP contribution in [0.1, 0.15) is 30.2 Å². The molecule has 0 bridgehead atoms. The molecule has 1 spiro atoms. The number of hydrogen-bond donors (Lipinski definition) is 0. The first-order valence-electron chi connectivity index (χ1n) is 12.5. The Morgan fingerprint density at radius 3 is 2.75 bits per heavy atom. The van der Waals surface area contributed by atoms with E-state index >= 15 is 0 Å². The molecule has 194 valence electrons.